The highest BCUT2D eigenvalue weighted by Crippen LogP contribution is 2.35. The van der Waals surface area contributed by atoms with Gasteiger partial charge >= 0.3 is 0 Å². The van der Waals surface area contributed by atoms with Crippen molar-refractivity contribution in [1.29, 1.82) is 0 Å². The van der Waals surface area contributed by atoms with Crippen molar-refractivity contribution in [3.63, 3.8) is 0 Å². The molecule has 1 fully saturated rings. The van der Waals surface area contributed by atoms with E-state index in [-0.39, 0.29) is 18.4 Å². The lowest BCUT2D eigenvalue weighted by atomic mass is 10.1. The van der Waals surface area contributed by atoms with Gasteiger partial charge in [0.25, 0.3) is 0 Å². The third kappa shape index (κ3) is 4.55. The van der Waals surface area contributed by atoms with Crippen molar-refractivity contribution >= 4 is 44.2 Å². The number of hydrogen-bond donors (Lipinski definition) is 0. The number of amides is 1. The van der Waals surface area contributed by atoms with Crippen LogP contribution in [-0.2, 0) is 16.0 Å². The van der Waals surface area contributed by atoms with E-state index >= 15 is 0 Å². The molecule has 1 amide bonds. The zero-order valence-corrected chi connectivity index (χ0v) is 17.8. The van der Waals surface area contributed by atoms with Gasteiger partial charge in [-0.25, -0.2) is 4.98 Å². The summed E-state index contributed by atoms with van der Waals surface area (Å²) in [4.78, 5) is 19.8. The van der Waals surface area contributed by atoms with Crippen LogP contribution >= 0.6 is 22.9 Å². The molecule has 4 rings (SSSR count). The average Bonchev–Trinajstić information content (AvgIpc) is 3.38. The van der Waals surface area contributed by atoms with Crippen LogP contribution in [0.1, 0.15) is 25.3 Å². The van der Waals surface area contributed by atoms with E-state index in [9.17, 15) is 4.79 Å². The summed E-state index contributed by atoms with van der Waals surface area (Å²) in [5, 5.41) is 1.26. The van der Waals surface area contributed by atoms with E-state index in [4.69, 9.17) is 26.1 Å². The number of ether oxygens (including phenoxy) is 2. The number of halogens is 1. The Labute approximate surface area is 179 Å². The molecule has 1 aliphatic heterocycles. The molecule has 3 aromatic rings. The van der Waals surface area contributed by atoms with Gasteiger partial charge < -0.3 is 9.47 Å². The van der Waals surface area contributed by atoms with E-state index in [2.05, 4.69) is 0 Å². The number of carbonyl (C=O) groups is 1. The molecule has 2 aromatic carbocycles. The largest absolute Gasteiger partial charge is 0.492 e. The van der Waals surface area contributed by atoms with Crippen LogP contribution in [0.2, 0.25) is 5.02 Å². The summed E-state index contributed by atoms with van der Waals surface area (Å²) in [6.07, 6.45) is 2.22. The third-order valence-corrected chi connectivity index (χ3v) is 6.32. The number of carbonyl (C=O) groups excluding carboxylic acids is 1. The van der Waals surface area contributed by atoms with E-state index in [0.29, 0.717) is 23.3 Å². The first-order valence-corrected chi connectivity index (χ1v) is 11.0. The number of para-hydroxylation sites is 1. The standard InChI is InChI=1S/C22H23ClN2O3S/c1-2-27-18-10-5-11-19-21(18)24-22(29-19)25(14-16-8-6-12-28-16)20(26)13-15-7-3-4-9-17(15)23/h3-5,7,9-11,16H,2,6,8,12-14H2,1H3. The minimum atomic E-state index is -0.0365. The SMILES string of the molecule is CCOc1cccc2sc(N(CC3CCCO3)C(=O)Cc3ccccc3Cl)nc12. The predicted molar refractivity (Wildman–Crippen MR) is 117 cm³/mol. The third-order valence-electron chi connectivity index (χ3n) is 4.91. The highest BCUT2D eigenvalue weighted by molar-refractivity contribution is 7.22. The fraction of sp³-hybridized carbons (Fsp3) is 0.364. The molecule has 1 unspecified atom stereocenters. The predicted octanol–water partition coefficient (Wildman–Crippen LogP) is 5.10. The maximum Gasteiger partial charge on any atom is 0.233 e. The van der Waals surface area contributed by atoms with E-state index in [0.717, 1.165) is 41.0 Å². The number of nitrogens with zero attached hydrogens (tertiary/aromatic N) is 2. The second-order valence-electron chi connectivity index (χ2n) is 6.94. The first kappa shape index (κ1) is 20.1. The lowest BCUT2D eigenvalue weighted by molar-refractivity contribution is -0.118. The normalized spacial score (nSPS) is 16.3. The fourth-order valence-electron chi connectivity index (χ4n) is 3.48. The lowest BCUT2D eigenvalue weighted by Gasteiger charge is -2.23. The van der Waals surface area contributed by atoms with Gasteiger partial charge in [-0.1, -0.05) is 47.2 Å². The molecule has 29 heavy (non-hydrogen) atoms. The Bertz CT molecular complexity index is 1000. The number of anilines is 1. The highest BCUT2D eigenvalue weighted by Gasteiger charge is 2.27. The summed E-state index contributed by atoms with van der Waals surface area (Å²) in [7, 11) is 0. The van der Waals surface area contributed by atoms with E-state index < -0.39 is 0 Å². The highest BCUT2D eigenvalue weighted by atomic mass is 35.5. The summed E-state index contributed by atoms with van der Waals surface area (Å²) in [5.74, 6) is 0.703. The average molecular weight is 431 g/mol. The maximum absolute atomic E-state index is 13.3. The second kappa shape index (κ2) is 9.11. The van der Waals surface area contributed by atoms with Gasteiger partial charge in [0, 0.05) is 11.6 Å². The van der Waals surface area contributed by atoms with Gasteiger partial charge in [-0.15, -0.1) is 0 Å². The van der Waals surface area contributed by atoms with E-state index in [1.165, 1.54) is 11.3 Å². The van der Waals surface area contributed by atoms with Crippen LogP contribution in [0.3, 0.4) is 0 Å². The van der Waals surface area contributed by atoms with Crippen molar-refractivity contribution in [2.45, 2.75) is 32.3 Å². The molecule has 0 radical (unpaired) electrons. The molecule has 1 aliphatic rings. The number of aromatic nitrogens is 1. The molecule has 0 bridgehead atoms. The first-order chi connectivity index (χ1) is 14.2. The Balaban J connectivity index is 1.66. The molecule has 1 aromatic heterocycles. The molecule has 0 spiro atoms. The van der Waals surface area contributed by atoms with Gasteiger partial charge in [0.05, 0.1) is 30.4 Å². The van der Waals surface area contributed by atoms with Crippen molar-refractivity contribution in [3.8, 4) is 5.75 Å². The molecule has 5 nitrogen and oxygen atoms in total. The van der Waals surface area contributed by atoms with Crippen LogP contribution in [0, 0.1) is 0 Å². The van der Waals surface area contributed by atoms with Gasteiger partial charge in [0.15, 0.2) is 5.13 Å². The van der Waals surface area contributed by atoms with Crippen LogP contribution in [-0.4, -0.2) is 36.8 Å². The fourth-order valence-corrected chi connectivity index (χ4v) is 4.69. The lowest BCUT2D eigenvalue weighted by Crippen LogP contribution is -2.38. The van der Waals surface area contributed by atoms with Crippen LogP contribution in [0.5, 0.6) is 5.75 Å². The number of benzene rings is 2. The van der Waals surface area contributed by atoms with Crippen LogP contribution in [0.25, 0.3) is 10.2 Å². The molecule has 7 heteroatoms. The topological polar surface area (TPSA) is 51.7 Å². The van der Waals surface area contributed by atoms with Crippen molar-refractivity contribution < 1.29 is 14.3 Å². The molecule has 2 heterocycles. The molecule has 0 N–H and O–H groups in total. The van der Waals surface area contributed by atoms with Crippen molar-refractivity contribution in [3.05, 3.63) is 53.1 Å². The van der Waals surface area contributed by atoms with Gasteiger partial charge in [0.1, 0.15) is 11.3 Å². The Morgan fingerprint density at radius 3 is 2.93 bits per heavy atom. The van der Waals surface area contributed by atoms with E-state index in [1.807, 2.05) is 43.3 Å². The van der Waals surface area contributed by atoms with Gasteiger partial charge in [0.2, 0.25) is 5.91 Å². The summed E-state index contributed by atoms with van der Waals surface area (Å²) in [6, 6.07) is 13.3. The monoisotopic (exact) mass is 430 g/mol. The van der Waals surface area contributed by atoms with Gasteiger partial charge in [-0.2, -0.15) is 0 Å². The van der Waals surface area contributed by atoms with Crippen LogP contribution in [0.15, 0.2) is 42.5 Å². The quantitative estimate of drug-likeness (QED) is 0.523. The molecule has 0 aliphatic carbocycles. The summed E-state index contributed by atoms with van der Waals surface area (Å²) in [5.41, 5.74) is 1.60. The Morgan fingerprint density at radius 1 is 1.31 bits per heavy atom. The second-order valence-corrected chi connectivity index (χ2v) is 8.36. The number of rotatable bonds is 7. The molecule has 0 saturated carbocycles. The molecular formula is C22H23ClN2O3S. The summed E-state index contributed by atoms with van der Waals surface area (Å²) >= 11 is 7.78. The minimum absolute atomic E-state index is 0.0311. The Kier molecular flexibility index (Phi) is 6.33. The van der Waals surface area contributed by atoms with Crippen molar-refractivity contribution in [1.82, 2.24) is 4.98 Å². The van der Waals surface area contributed by atoms with E-state index in [1.54, 1.807) is 11.0 Å². The number of fused-ring (bicyclic) bond motifs is 1. The Morgan fingerprint density at radius 2 is 2.17 bits per heavy atom. The molecule has 1 atom stereocenters. The smallest absolute Gasteiger partial charge is 0.233 e. The maximum atomic E-state index is 13.3. The van der Waals surface area contributed by atoms with Crippen molar-refractivity contribution in [2.24, 2.45) is 0 Å². The molecule has 152 valence electrons. The Hall–Kier alpha value is -2.15. The van der Waals surface area contributed by atoms with Gasteiger partial charge in [-0.05, 0) is 43.5 Å². The van der Waals surface area contributed by atoms with Gasteiger partial charge in [-0.3, -0.25) is 9.69 Å². The molecule has 1 saturated heterocycles. The van der Waals surface area contributed by atoms with Crippen LogP contribution in [0.4, 0.5) is 5.13 Å². The zero-order chi connectivity index (χ0) is 20.2. The van der Waals surface area contributed by atoms with Crippen LogP contribution < -0.4 is 9.64 Å². The van der Waals surface area contributed by atoms with Crippen molar-refractivity contribution in [2.75, 3.05) is 24.7 Å². The number of hydrogen-bond acceptors (Lipinski definition) is 5. The summed E-state index contributed by atoms with van der Waals surface area (Å²) < 4.78 is 12.5. The zero-order valence-electron chi connectivity index (χ0n) is 16.3. The first-order valence-electron chi connectivity index (χ1n) is 9.83. The minimum Gasteiger partial charge on any atom is -0.492 e. The molecular weight excluding hydrogens is 408 g/mol. The summed E-state index contributed by atoms with van der Waals surface area (Å²) in [6.45, 7) is 3.75. The number of thiazole rings is 1.